The van der Waals surface area contributed by atoms with Crippen molar-refractivity contribution in [2.45, 2.75) is 19.3 Å². The van der Waals surface area contributed by atoms with Crippen molar-refractivity contribution in [3.05, 3.63) is 11.7 Å². The molecule has 0 saturated carbocycles. The third kappa shape index (κ3) is 2.57. The fourth-order valence-corrected chi connectivity index (χ4v) is 1.89. The highest BCUT2D eigenvalue weighted by atomic mass is 16.5. The average molecular weight is 224 g/mol. The standard InChI is InChI=1S/C10H16N4O2/c1-11-10(15)9-13-8(16-14-9)5-7-3-2-4-12-6-7/h7,12H,2-6H2,1H3,(H,11,15). The molecule has 0 spiro atoms. The van der Waals surface area contributed by atoms with E-state index in [0.29, 0.717) is 11.8 Å². The summed E-state index contributed by atoms with van der Waals surface area (Å²) >= 11 is 0. The van der Waals surface area contributed by atoms with Gasteiger partial charge in [-0.2, -0.15) is 4.98 Å². The van der Waals surface area contributed by atoms with Gasteiger partial charge >= 0.3 is 0 Å². The Morgan fingerprint density at radius 1 is 1.69 bits per heavy atom. The van der Waals surface area contributed by atoms with Crippen LogP contribution < -0.4 is 10.6 Å². The van der Waals surface area contributed by atoms with Gasteiger partial charge in [-0.15, -0.1) is 0 Å². The van der Waals surface area contributed by atoms with Crippen molar-refractivity contribution in [2.75, 3.05) is 20.1 Å². The van der Waals surface area contributed by atoms with Crippen LogP contribution in [0.3, 0.4) is 0 Å². The number of piperidine rings is 1. The lowest BCUT2D eigenvalue weighted by Gasteiger charge is -2.20. The number of hydrogen-bond acceptors (Lipinski definition) is 5. The molecule has 2 rings (SSSR count). The molecule has 2 heterocycles. The molecular formula is C10H16N4O2. The summed E-state index contributed by atoms with van der Waals surface area (Å²) < 4.78 is 5.04. The maximum atomic E-state index is 11.2. The molecule has 6 nitrogen and oxygen atoms in total. The van der Waals surface area contributed by atoms with E-state index in [0.717, 1.165) is 19.5 Å². The second kappa shape index (κ2) is 5.07. The molecule has 6 heteroatoms. The molecule has 0 bridgehead atoms. The van der Waals surface area contributed by atoms with Crippen LogP contribution in [0.15, 0.2) is 4.52 Å². The number of carbonyl (C=O) groups is 1. The summed E-state index contributed by atoms with van der Waals surface area (Å²) in [6.07, 6.45) is 3.10. The smallest absolute Gasteiger partial charge is 0.292 e. The number of nitrogens with zero attached hydrogens (tertiary/aromatic N) is 2. The highest BCUT2D eigenvalue weighted by molar-refractivity contribution is 5.89. The van der Waals surface area contributed by atoms with Crippen molar-refractivity contribution in [1.82, 2.24) is 20.8 Å². The minimum absolute atomic E-state index is 0.112. The second-order valence-corrected chi connectivity index (χ2v) is 4.01. The first-order valence-electron chi connectivity index (χ1n) is 5.55. The molecule has 0 aromatic carbocycles. The Bertz CT molecular complexity index is 357. The Hall–Kier alpha value is -1.43. The molecule has 1 aromatic rings. The second-order valence-electron chi connectivity index (χ2n) is 4.01. The summed E-state index contributed by atoms with van der Waals surface area (Å²) in [6, 6.07) is 0. The van der Waals surface area contributed by atoms with Crippen LogP contribution in [-0.4, -0.2) is 36.2 Å². The van der Waals surface area contributed by atoms with Crippen LogP contribution in [0, 0.1) is 5.92 Å². The monoisotopic (exact) mass is 224 g/mol. The SMILES string of the molecule is CNC(=O)c1noc(CC2CCCNC2)n1. The summed E-state index contributed by atoms with van der Waals surface area (Å²) in [5.41, 5.74) is 0. The molecule has 16 heavy (non-hydrogen) atoms. The molecule has 1 unspecified atom stereocenters. The molecule has 0 aliphatic carbocycles. The summed E-state index contributed by atoms with van der Waals surface area (Å²) in [5, 5.41) is 9.42. The summed E-state index contributed by atoms with van der Waals surface area (Å²) in [4.78, 5) is 15.3. The van der Waals surface area contributed by atoms with Crippen molar-refractivity contribution in [1.29, 1.82) is 0 Å². The minimum atomic E-state index is -0.309. The minimum Gasteiger partial charge on any atom is -0.352 e. The Balaban J connectivity index is 1.94. The third-order valence-electron chi connectivity index (χ3n) is 2.76. The van der Waals surface area contributed by atoms with E-state index in [1.165, 1.54) is 12.8 Å². The Kier molecular flexibility index (Phi) is 3.51. The number of nitrogens with one attached hydrogen (secondary N) is 2. The van der Waals surface area contributed by atoms with Gasteiger partial charge in [0.15, 0.2) is 0 Å². The Labute approximate surface area is 93.8 Å². The van der Waals surface area contributed by atoms with E-state index >= 15 is 0 Å². The number of aromatic nitrogens is 2. The van der Waals surface area contributed by atoms with Crippen LogP contribution in [0.1, 0.15) is 29.4 Å². The van der Waals surface area contributed by atoms with Crippen molar-refractivity contribution in [2.24, 2.45) is 5.92 Å². The van der Waals surface area contributed by atoms with Crippen LogP contribution >= 0.6 is 0 Å². The topological polar surface area (TPSA) is 80.0 Å². The predicted molar refractivity (Wildman–Crippen MR) is 57.0 cm³/mol. The number of amides is 1. The van der Waals surface area contributed by atoms with Crippen molar-refractivity contribution < 1.29 is 9.32 Å². The summed E-state index contributed by atoms with van der Waals surface area (Å²) in [5.74, 6) is 0.886. The highest BCUT2D eigenvalue weighted by Crippen LogP contribution is 2.15. The zero-order valence-electron chi connectivity index (χ0n) is 9.32. The van der Waals surface area contributed by atoms with Crippen LogP contribution in [0.5, 0.6) is 0 Å². The van der Waals surface area contributed by atoms with E-state index in [-0.39, 0.29) is 11.7 Å². The highest BCUT2D eigenvalue weighted by Gasteiger charge is 2.18. The molecular weight excluding hydrogens is 208 g/mol. The molecule has 1 aliphatic rings. The first-order chi connectivity index (χ1) is 7.79. The number of rotatable bonds is 3. The van der Waals surface area contributed by atoms with E-state index in [9.17, 15) is 4.79 Å². The maximum Gasteiger partial charge on any atom is 0.292 e. The van der Waals surface area contributed by atoms with Crippen molar-refractivity contribution in [3.8, 4) is 0 Å². The van der Waals surface area contributed by atoms with Gasteiger partial charge in [0.25, 0.3) is 11.7 Å². The van der Waals surface area contributed by atoms with E-state index in [1.54, 1.807) is 7.05 Å². The van der Waals surface area contributed by atoms with Crippen LogP contribution in [-0.2, 0) is 6.42 Å². The van der Waals surface area contributed by atoms with Crippen molar-refractivity contribution in [3.63, 3.8) is 0 Å². The van der Waals surface area contributed by atoms with Gasteiger partial charge in [0.1, 0.15) is 0 Å². The van der Waals surface area contributed by atoms with Gasteiger partial charge in [-0.3, -0.25) is 4.79 Å². The largest absolute Gasteiger partial charge is 0.352 e. The molecule has 0 radical (unpaired) electrons. The van der Waals surface area contributed by atoms with Gasteiger partial charge in [-0.05, 0) is 31.8 Å². The number of carbonyl (C=O) groups excluding carboxylic acids is 1. The molecule has 1 saturated heterocycles. The van der Waals surface area contributed by atoms with Gasteiger partial charge in [0, 0.05) is 13.5 Å². The maximum absolute atomic E-state index is 11.2. The fraction of sp³-hybridized carbons (Fsp3) is 0.700. The zero-order chi connectivity index (χ0) is 11.4. The molecule has 1 aromatic heterocycles. The van der Waals surface area contributed by atoms with Crippen molar-refractivity contribution >= 4 is 5.91 Å². The van der Waals surface area contributed by atoms with Gasteiger partial charge in [0.05, 0.1) is 0 Å². The third-order valence-corrected chi connectivity index (χ3v) is 2.76. The van der Waals surface area contributed by atoms with E-state index < -0.39 is 0 Å². The van der Waals surface area contributed by atoms with E-state index in [2.05, 4.69) is 20.8 Å². The lowest BCUT2D eigenvalue weighted by molar-refractivity contribution is 0.0950. The molecule has 1 amide bonds. The first kappa shape index (κ1) is 11.1. The molecule has 1 atom stereocenters. The molecule has 88 valence electrons. The quantitative estimate of drug-likeness (QED) is 0.753. The molecule has 1 fully saturated rings. The van der Waals surface area contributed by atoms with Crippen LogP contribution in [0.4, 0.5) is 0 Å². The zero-order valence-corrected chi connectivity index (χ0v) is 9.32. The van der Waals surface area contributed by atoms with E-state index in [4.69, 9.17) is 4.52 Å². The van der Waals surface area contributed by atoms with Crippen LogP contribution in [0.2, 0.25) is 0 Å². The Morgan fingerprint density at radius 3 is 3.25 bits per heavy atom. The normalized spacial score (nSPS) is 20.7. The first-order valence-corrected chi connectivity index (χ1v) is 5.55. The van der Waals surface area contributed by atoms with E-state index in [1.807, 2.05) is 0 Å². The molecule has 2 N–H and O–H groups in total. The predicted octanol–water partition coefficient (Wildman–Crippen LogP) is -0.0287. The average Bonchev–Trinajstić information content (AvgIpc) is 2.78. The van der Waals surface area contributed by atoms with Crippen LogP contribution in [0.25, 0.3) is 0 Å². The van der Waals surface area contributed by atoms with Gasteiger partial charge in [-0.1, -0.05) is 5.16 Å². The lowest BCUT2D eigenvalue weighted by atomic mass is 9.96. The lowest BCUT2D eigenvalue weighted by Crippen LogP contribution is -2.30. The van der Waals surface area contributed by atoms with Gasteiger partial charge in [-0.25, -0.2) is 0 Å². The summed E-state index contributed by atoms with van der Waals surface area (Å²) in [6.45, 7) is 2.07. The molecule has 1 aliphatic heterocycles. The number of hydrogen-bond donors (Lipinski definition) is 2. The Morgan fingerprint density at radius 2 is 2.56 bits per heavy atom. The van der Waals surface area contributed by atoms with Gasteiger partial charge in [0.2, 0.25) is 5.89 Å². The fourth-order valence-electron chi connectivity index (χ4n) is 1.89. The summed E-state index contributed by atoms with van der Waals surface area (Å²) in [7, 11) is 1.55. The van der Waals surface area contributed by atoms with Gasteiger partial charge < -0.3 is 15.2 Å².